The molecule has 9 heteroatoms. The normalized spacial score (nSPS) is 10.0. The number of nitrogens with one attached hydrogen (secondary N) is 2. The summed E-state index contributed by atoms with van der Waals surface area (Å²) in [5.74, 6) is -1.60. The van der Waals surface area contributed by atoms with Crippen molar-refractivity contribution >= 4 is 23.6 Å². The molecule has 0 saturated heterocycles. The van der Waals surface area contributed by atoms with Crippen LogP contribution in [0.2, 0.25) is 0 Å². The van der Waals surface area contributed by atoms with Crippen LogP contribution >= 0.6 is 0 Å². The molecule has 9 nitrogen and oxygen atoms in total. The molecule has 0 radical (unpaired) electrons. The van der Waals surface area contributed by atoms with Gasteiger partial charge in [-0.1, -0.05) is 18.2 Å². The minimum Gasteiger partial charge on any atom is -0.455 e. The molecule has 2 N–H and O–H groups in total. The van der Waals surface area contributed by atoms with E-state index in [1.54, 1.807) is 19.9 Å². The molecule has 3 amide bonds. The molecule has 23 heavy (non-hydrogen) atoms. The van der Waals surface area contributed by atoms with Gasteiger partial charge in [0, 0.05) is 17.7 Å². The number of imide groups is 1. The Balaban J connectivity index is 2.47. The number of esters is 1. The number of carbonyl (C=O) groups is 3. The van der Waals surface area contributed by atoms with Gasteiger partial charge in [0.2, 0.25) is 0 Å². The quantitative estimate of drug-likeness (QED) is 0.455. The molecule has 0 unspecified atom stereocenters. The summed E-state index contributed by atoms with van der Waals surface area (Å²) in [7, 11) is 0. The second-order valence-electron chi connectivity index (χ2n) is 4.90. The van der Waals surface area contributed by atoms with Gasteiger partial charge in [-0.3, -0.25) is 25.0 Å². The van der Waals surface area contributed by atoms with Gasteiger partial charge < -0.3 is 10.1 Å². The van der Waals surface area contributed by atoms with Gasteiger partial charge in [0.25, 0.3) is 11.6 Å². The highest BCUT2D eigenvalue weighted by molar-refractivity contribution is 5.95. The van der Waals surface area contributed by atoms with Crippen LogP contribution in [-0.4, -0.2) is 35.5 Å². The number of rotatable bonds is 6. The van der Waals surface area contributed by atoms with Crippen molar-refractivity contribution in [2.24, 2.45) is 0 Å². The molecule has 0 aliphatic heterocycles. The van der Waals surface area contributed by atoms with E-state index in [0.29, 0.717) is 0 Å². The number of nitro groups is 1. The van der Waals surface area contributed by atoms with Crippen molar-refractivity contribution in [2.45, 2.75) is 26.3 Å². The highest BCUT2D eigenvalue weighted by Gasteiger charge is 2.17. The summed E-state index contributed by atoms with van der Waals surface area (Å²) in [6.07, 6.45) is -0.345. The number of benzene rings is 1. The average molecular weight is 323 g/mol. The zero-order chi connectivity index (χ0) is 17.4. The fourth-order valence-corrected chi connectivity index (χ4v) is 1.65. The largest absolute Gasteiger partial charge is 0.455 e. The number of ether oxygens (including phenoxy) is 1. The first-order chi connectivity index (χ1) is 10.8. The summed E-state index contributed by atoms with van der Waals surface area (Å²) in [6.45, 7) is 2.79. The molecule has 124 valence electrons. The van der Waals surface area contributed by atoms with Crippen molar-refractivity contribution in [1.29, 1.82) is 0 Å². The Morgan fingerprint density at radius 3 is 2.52 bits per heavy atom. The van der Waals surface area contributed by atoms with Crippen molar-refractivity contribution in [1.82, 2.24) is 10.6 Å². The SMILES string of the molecule is CC(C)NC(=O)NC(=O)COC(=O)Cc1ccccc1[N+](=O)[O-]. The first kappa shape index (κ1) is 18.1. The summed E-state index contributed by atoms with van der Waals surface area (Å²) in [4.78, 5) is 44.5. The van der Waals surface area contributed by atoms with Crippen LogP contribution in [0, 0.1) is 10.1 Å². The van der Waals surface area contributed by atoms with Crippen molar-refractivity contribution in [3.05, 3.63) is 39.9 Å². The fourth-order valence-electron chi connectivity index (χ4n) is 1.65. The molecule has 0 fully saturated rings. The van der Waals surface area contributed by atoms with Gasteiger partial charge in [-0.15, -0.1) is 0 Å². The monoisotopic (exact) mass is 323 g/mol. The minimum absolute atomic E-state index is 0.149. The number of carbonyl (C=O) groups excluding carboxylic acids is 3. The maximum atomic E-state index is 11.6. The first-order valence-corrected chi connectivity index (χ1v) is 6.78. The Morgan fingerprint density at radius 2 is 1.91 bits per heavy atom. The van der Waals surface area contributed by atoms with E-state index in [4.69, 9.17) is 4.74 Å². The molecule has 1 aromatic rings. The maximum Gasteiger partial charge on any atom is 0.321 e. The third-order valence-corrected chi connectivity index (χ3v) is 2.56. The highest BCUT2D eigenvalue weighted by Crippen LogP contribution is 2.18. The van der Waals surface area contributed by atoms with Crippen LogP contribution < -0.4 is 10.6 Å². The first-order valence-electron chi connectivity index (χ1n) is 6.78. The zero-order valence-corrected chi connectivity index (χ0v) is 12.7. The molecule has 0 bridgehead atoms. The van der Waals surface area contributed by atoms with Crippen molar-refractivity contribution < 1.29 is 24.0 Å². The van der Waals surface area contributed by atoms with Crippen LogP contribution in [0.1, 0.15) is 19.4 Å². The summed E-state index contributed by atoms with van der Waals surface area (Å²) in [5, 5.41) is 15.2. The molecular weight excluding hydrogens is 306 g/mol. The Hall–Kier alpha value is -2.97. The standard InChI is InChI=1S/C14H17N3O6/c1-9(2)15-14(20)16-12(18)8-23-13(19)7-10-5-3-4-6-11(10)17(21)22/h3-6,9H,7-8H2,1-2H3,(H2,15,16,18,20). The second kappa shape index (κ2) is 8.47. The number of urea groups is 1. The van der Waals surface area contributed by atoms with Gasteiger partial charge in [0.1, 0.15) is 0 Å². The topological polar surface area (TPSA) is 128 Å². The third kappa shape index (κ3) is 6.55. The second-order valence-corrected chi connectivity index (χ2v) is 4.90. The van der Waals surface area contributed by atoms with E-state index in [9.17, 15) is 24.5 Å². The van der Waals surface area contributed by atoms with E-state index in [-0.39, 0.29) is 23.7 Å². The summed E-state index contributed by atoms with van der Waals surface area (Å²) in [6, 6.07) is 4.89. The molecule has 0 spiro atoms. The molecule has 0 aromatic heterocycles. The zero-order valence-electron chi connectivity index (χ0n) is 12.7. The summed E-state index contributed by atoms with van der Waals surface area (Å²) in [5.41, 5.74) is -0.0225. The van der Waals surface area contributed by atoms with Crippen LogP contribution in [0.4, 0.5) is 10.5 Å². The van der Waals surface area contributed by atoms with E-state index < -0.39 is 29.4 Å². The smallest absolute Gasteiger partial charge is 0.321 e. The molecular formula is C14H17N3O6. The summed E-state index contributed by atoms with van der Waals surface area (Å²) < 4.78 is 4.69. The number of para-hydroxylation sites is 1. The predicted octanol–water partition coefficient (Wildman–Crippen LogP) is 0.915. The van der Waals surface area contributed by atoms with Gasteiger partial charge in [0.15, 0.2) is 6.61 Å². The van der Waals surface area contributed by atoms with E-state index in [1.165, 1.54) is 18.2 Å². The molecule has 0 saturated carbocycles. The Labute approximate surface area is 132 Å². The van der Waals surface area contributed by atoms with Crippen LogP contribution in [0.3, 0.4) is 0 Å². The molecule has 0 aliphatic rings. The van der Waals surface area contributed by atoms with E-state index >= 15 is 0 Å². The predicted molar refractivity (Wildman–Crippen MR) is 79.6 cm³/mol. The number of nitrogens with zero attached hydrogens (tertiary/aromatic N) is 1. The number of nitro benzene ring substituents is 1. The van der Waals surface area contributed by atoms with Crippen molar-refractivity contribution in [3.63, 3.8) is 0 Å². The number of hydrogen-bond acceptors (Lipinski definition) is 6. The van der Waals surface area contributed by atoms with Gasteiger partial charge in [-0.25, -0.2) is 4.79 Å². The van der Waals surface area contributed by atoms with Gasteiger partial charge in [-0.05, 0) is 13.8 Å². The summed E-state index contributed by atoms with van der Waals surface area (Å²) >= 11 is 0. The van der Waals surface area contributed by atoms with Gasteiger partial charge in [-0.2, -0.15) is 0 Å². The fraction of sp³-hybridized carbons (Fsp3) is 0.357. The lowest BCUT2D eigenvalue weighted by Crippen LogP contribution is -2.44. The molecule has 1 aromatic carbocycles. The van der Waals surface area contributed by atoms with E-state index in [1.807, 2.05) is 5.32 Å². The van der Waals surface area contributed by atoms with Crippen LogP contribution in [-0.2, 0) is 20.7 Å². The van der Waals surface area contributed by atoms with Crippen molar-refractivity contribution in [2.75, 3.05) is 6.61 Å². The Bertz CT molecular complexity index is 614. The van der Waals surface area contributed by atoms with E-state index in [0.717, 1.165) is 0 Å². The highest BCUT2D eigenvalue weighted by atomic mass is 16.6. The minimum atomic E-state index is -0.807. The third-order valence-electron chi connectivity index (χ3n) is 2.56. The lowest BCUT2D eigenvalue weighted by Gasteiger charge is -2.09. The van der Waals surface area contributed by atoms with Crippen molar-refractivity contribution in [3.8, 4) is 0 Å². The maximum absolute atomic E-state index is 11.6. The number of hydrogen-bond donors (Lipinski definition) is 2. The average Bonchev–Trinajstić information content (AvgIpc) is 2.44. The molecule has 0 aliphatic carbocycles. The number of amides is 3. The van der Waals surface area contributed by atoms with Crippen LogP contribution in [0.25, 0.3) is 0 Å². The lowest BCUT2D eigenvalue weighted by molar-refractivity contribution is -0.385. The lowest BCUT2D eigenvalue weighted by atomic mass is 10.1. The Kier molecular flexibility index (Phi) is 6.66. The van der Waals surface area contributed by atoms with Gasteiger partial charge >= 0.3 is 12.0 Å². The van der Waals surface area contributed by atoms with Crippen LogP contribution in [0.15, 0.2) is 24.3 Å². The van der Waals surface area contributed by atoms with E-state index in [2.05, 4.69) is 5.32 Å². The molecule has 1 rings (SSSR count). The molecule has 0 heterocycles. The Morgan fingerprint density at radius 1 is 1.26 bits per heavy atom. The van der Waals surface area contributed by atoms with Crippen LogP contribution in [0.5, 0.6) is 0 Å². The van der Waals surface area contributed by atoms with Gasteiger partial charge in [0.05, 0.1) is 11.3 Å². The molecule has 0 atom stereocenters.